The SMILES string of the molecule is O=[N+]([O-])c1cccc(F)c1-n1ccc(CCl)n1. The van der Waals surface area contributed by atoms with Crippen LogP contribution in [-0.2, 0) is 5.88 Å². The van der Waals surface area contributed by atoms with E-state index in [1.54, 1.807) is 6.07 Å². The van der Waals surface area contributed by atoms with E-state index in [1.165, 1.54) is 18.3 Å². The first-order valence-electron chi connectivity index (χ1n) is 4.67. The zero-order valence-electron chi connectivity index (χ0n) is 8.51. The van der Waals surface area contributed by atoms with Gasteiger partial charge in [0.2, 0.25) is 0 Å². The molecule has 0 aliphatic rings. The fourth-order valence-electron chi connectivity index (χ4n) is 1.44. The highest BCUT2D eigenvalue weighted by molar-refractivity contribution is 6.16. The van der Waals surface area contributed by atoms with Crippen LogP contribution in [0, 0.1) is 15.9 Å². The number of nitro groups is 1. The lowest BCUT2D eigenvalue weighted by molar-refractivity contribution is -0.384. The van der Waals surface area contributed by atoms with Gasteiger partial charge in [-0.3, -0.25) is 10.1 Å². The normalized spacial score (nSPS) is 10.5. The van der Waals surface area contributed by atoms with E-state index in [4.69, 9.17) is 11.6 Å². The average molecular weight is 256 g/mol. The van der Waals surface area contributed by atoms with Gasteiger partial charge in [0.05, 0.1) is 16.5 Å². The summed E-state index contributed by atoms with van der Waals surface area (Å²) in [5, 5.41) is 14.7. The van der Waals surface area contributed by atoms with Crippen molar-refractivity contribution < 1.29 is 9.31 Å². The number of hydrogen-bond acceptors (Lipinski definition) is 3. The Balaban J connectivity index is 2.61. The van der Waals surface area contributed by atoms with Crippen LogP contribution in [0.2, 0.25) is 0 Å². The van der Waals surface area contributed by atoms with Crippen molar-refractivity contribution in [1.82, 2.24) is 9.78 Å². The van der Waals surface area contributed by atoms with Crippen molar-refractivity contribution in [2.24, 2.45) is 0 Å². The molecule has 0 unspecified atom stereocenters. The monoisotopic (exact) mass is 255 g/mol. The molecular weight excluding hydrogens is 249 g/mol. The summed E-state index contributed by atoms with van der Waals surface area (Å²) in [6.07, 6.45) is 1.43. The number of hydrogen-bond donors (Lipinski definition) is 0. The second-order valence-electron chi connectivity index (χ2n) is 3.25. The van der Waals surface area contributed by atoms with Crippen LogP contribution in [0.25, 0.3) is 5.69 Å². The van der Waals surface area contributed by atoms with Crippen molar-refractivity contribution in [3.63, 3.8) is 0 Å². The van der Waals surface area contributed by atoms with E-state index < -0.39 is 10.7 Å². The van der Waals surface area contributed by atoms with E-state index in [2.05, 4.69) is 5.10 Å². The number of nitro benzene ring substituents is 1. The van der Waals surface area contributed by atoms with Gasteiger partial charge in [-0.1, -0.05) is 6.07 Å². The molecule has 7 heteroatoms. The first kappa shape index (κ1) is 11.5. The number of rotatable bonds is 3. The van der Waals surface area contributed by atoms with Gasteiger partial charge in [0.25, 0.3) is 5.69 Å². The van der Waals surface area contributed by atoms with Crippen LogP contribution in [0.5, 0.6) is 0 Å². The molecule has 0 bridgehead atoms. The number of alkyl halides is 1. The third-order valence-electron chi connectivity index (χ3n) is 2.17. The molecule has 1 heterocycles. The van der Waals surface area contributed by atoms with Gasteiger partial charge < -0.3 is 0 Å². The predicted octanol–water partition coefficient (Wildman–Crippen LogP) is 2.66. The number of nitrogens with zero attached hydrogens (tertiary/aromatic N) is 3. The summed E-state index contributed by atoms with van der Waals surface area (Å²) in [6.45, 7) is 0. The van der Waals surface area contributed by atoms with Crippen molar-refractivity contribution in [3.8, 4) is 5.69 Å². The molecule has 0 saturated heterocycles. The Hall–Kier alpha value is -1.95. The largest absolute Gasteiger partial charge is 0.297 e. The van der Waals surface area contributed by atoms with Crippen molar-refractivity contribution >= 4 is 17.3 Å². The molecule has 5 nitrogen and oxygen atoms in total. The Bertz CT molecular complexity index is 570. The second-order valence-corrected chi connectivity index (χ2v) is 3.52. The van der Waals surface area contributed by atoms with Crippen LogP contribution in [0.15, 0.2) is 30.5 Å². The molecule has 0 aliphatic heterocycles. The lowest BCUT2D eigenvalue weighted by Gasteiger charge is -2.03. The maximum Gasteiger partial charge on any atom is 0.297 e. The topological polar surface area (TPSA) is 61.0 Å². The Morgan fingerprint density at radius 2 is 2.24 bits per heavy atom. The van der Waals surface area contributed by atoms with Gasteiger partial charge in [0, 0.05) is 12.3 Å². The number of benzene rings is 1. The molecule has 17 heavy (non-hydrogen) atoms. The quantitative estimate of drug-likeness (QED) is 0.481. The zero-order valence-corrected chi connectivity index (χ0v) is 9.26. The molecule has 0 radical (unpaired) electrons. The van der Waals surface area contributed by atoms with Gasteiger partial charge >= 0.3 is 0 Å². The molecule has 0 amide bonds. The summed E-state index contributed by atoms with van der Waals surface area (Å²) in [5.41, 5.74) is -0.00712. The third-order valence-corrected chi connectivity index (χ3v) is 2.45. The molecule has 1 aromatic carbocycles. The second kappa shape index (κ2) is 4.50. The molecule has 0 N–H and O–H groups in total. The number of para-hydroxylation sites is 1. The molecule has 0 atom stereocenters. The summed E-state index contributed by atoms with van der Waals surface area (Å²) in [4.78, 5) is 10.1. The van der Waals surface area contributed by atoms with E-state index in [-0.39, 0.29) is 17.3 Å². The van der Waals surface area contributed by atoms with Gasteiger partial charge in [-0.25, -0.2) is 9.07 Å². The van der Waals surface area contributed by atoms with Gasteiger partial charge in [-0.2, -0.15) is 5.10 Å². The first-order valence-corrected chi connectivity index (χ1v) is 5.20. The van der Waals surface area contributed by atoms with Crippen LogP contribution in [0.4, 0.5) is 10.1 Å². The van der Waals surface area contributed by atoms with Crippen molar-refractivity contribution in [2.45, 2.75) is 5.88 Å². The minimum absolute atomic E-state index is 0.162. The lowest BCUT2D eigenvalue weighted by Crippen LogP contribution is -2.04. The summed E-state index contributed by atoms with van der Waals surface area (Å²) in [7, 11) is 0. The number of halogens is 2. The Kier molecular flexibility index (Phi) is 3.06. The van der Waals surface area contributed by atoms with E-state index >= 15 is 0 Å². The minimum atomic E-state index is -0.705. The Labute approximate surface area is 101 Å². The maximum atomic E-state index is 13.6. The highest BCUT2D eigenvalue weighted by Crippen LogP contribution is 2.25. The van der Waals surface area contributed by atoms with Crippen LogP contribution in [0.3, 0.4) is 0 Å². The molecule has 2 rings (SSSR count). The molecule has 2 aromatic rings. The molecule has 88 valence electrons. The third kappa shape index (κ3) is 2.12. The molecular formula is C10H7ClFN3O2. The van der Waals surface area contributed by atoms with Crippen LogP contribution >= 0.6 is 11.6 Å². The van der Waals surface area contributed by atoms with E-state index in [1.807, 2.05) is 0 Å². The smallest absolute Gasteiger partial charge is 0.258 e. The highest BCUT2D eigenvalue weighted by atomic mass is 35.5. The van der Waals surface area contributed by atoms with Crippen LogP contribution in [0.1, 0.15) is 5.69 Å². The van der Waals surface area contributed by atoms with Gasteiger partial charge in [0.15, 0.2) is 11.5 Å². The highest BCUT2D eigenvalue weighted by Gasteiger charge is 2.20. The van der Waals surface area contributed by atoms with Gasteiger partial charge in [-0.15, -0.1) is 11.6 Å². The predicted molar refractivity (Wildman–Crippen MR) is 59.7 cm³/mol. The zero-order chi connectivity index (χ0) is 12.4. The Morgan fingerprint density at radius 1 is 1.47 bits per heavy atom. The molecule has 1 aromatic heterocycles. The minimum Gasteiger partial charge on any atom is -0.258 e. The van der Waals surface area contributed by atoms with Crippen molar-refractivity contribution in [2.75, 3.05) is 0 Å². The first-order chi connectivity index (χ1) is 8.13. The van der Waals surface area contributed by atoms with Gasteiger partial charge in [-0.05, 0) is 12.1 Å². The summed E-state index contributed by atoms with van der Waals surface area (Å²) in [6, 6.07) is 5.22. The molecule has 0 saturated carbocycles. The van der Waals surface area contributed by atoms with Crippen LogP contribution in [-0.4, -0.2) is 14.7 Å². The van der Waals surface area contributed by atoms with Crippen molar-refractivity contribution in [3.05, 3.63) is 52.1 Å². The van der Waals surface area contributed by atoms with Gasteiger partial charge in [0.1, 0.15) is 0 Å². The fraction of sp³-hybridized carbons (Fsp3) is 0.100. The summed E-state index contributed by atoms with van der Waals surface area (Å²) in [5.74, 6) is -0.543. The lowest BCUT2D eigenvalue weighted by atomic mass is 10.2. The average Bonchev–Trinajstić information content (AvgIpc) is 2.76. The summed E-state index contributed by atoms with van der Waals surface area (Å²) >= 11 is 5.57. The summed E-state index contributed by atoms with van der Waals surface area (Å²) < 4.78 is 14.7. The molecule has 0 spiro atoms. The van der Waals surface area contributed by atoms with Crippen molar-refractivity contribution in [1.29, 1.82) is 0 Å². The molecule has 0 fully saturated rings. The van der Waals surface area contributed by atoms with E-state index in [0.29, 0.717) is 5.69 Å². The maximum absolute atomic E-state index is 13.6. The van der Waals surface area contributed by atoms with E-state index in [0.717, 1.165) is 10.7 Å². The fourth-order valence-corrected chi connectivity index (χ4v) is 1.58. The number of aromatic nitrogens is 2. The van der Waals surface area contributed by atoms with Crippen LogP contribution < -0.4 is 0 Å². The standard InChI is InChI=1S/C10H7ClFN3O2/c11-6-7-4-5-14(13-7)10-8(12)2-1-3-9(10)15(16)17/h1-5H,6H2. The Morgan fingerprint density at radius 3 is 2.82 bits per heavy atom. The van der Waals surface area contributed by atoms with E-state index in [9.17, 15) is 14.5 Å². The molecule has 0 aliphatic carbocycles.